The summed E-state index contributed by atoms with van der Waals surface area (Å²) in [6.07, 6.45) is 9.14. The van der Waals surface area contributed by atoms with Crippen molar-refractivity contribution >= 4 is 51.9 Å². The van der Waals surface area contributed by atoms with Crippen molar-refractivity contribution in [3.05, 3.63) is 51.0 Å². The summed E-state index contributed by atoms with van der Waals surface area (Å²) >= 11 is 6.91. The van der Waals surface area contributed by atoms with Gasteiger partial charge in [-0.15, -0.1) is 0 Å². The topological polar surface area (TPSA) is 167 Å². The lowest BCUT2D eigenvalue weighted by molar-refractivity contribution is -0.138. The Morgan fingerprint density at radius 3 is 2.55 bits per heavy atom. The molecule has 266 valence electrons. The van der Waals surface area contributed by atoms with Crippen LogP contribution in [0.4, 0.5) is 10.1 Å². The Morgan fingerprint density at radius 2 is 1.90 bits per heavy atom. The standard InChI is InChI=1S/C34H42ClFN6O6.CH4/c1-17(2)11-25(39-33(46)26-7-4-10-41(26)27(43)13-37)32(45)38-24-6-3-5-18-14-40(15-21(18)24)30-23(36)12-20-29(28(30)35)42(19-8-9-19)16-22(31(20)44)34(47)48;/h3,6,12,16-19,21,24-26H,4-5,7-11,13-15,37H2,1-2H3,(H,38,45)(H,39,46)(H,47,48);1H4/t18?,21?,24?,25-,26-;/m0./s1. The van der Waals surface area contributed by atoms with Gasteiger partial charge in [-0.3, -0.25) is 19.2 Å². The van der Waals surface area contributed by atoms with E-state index in [0.29, 0.717) is 50.8 Å². The maximum atomic E-state index is 15.9. The van der Waals surface area contributed by atoms with Gasteiger partial charge in [-0.1, -0.05) is 45.0 Å². The van der Waals surface area contributed by atoms with Crippen molar-refractivity contribution in [2.45, 2.75) is 84.0 Å². The Bertz CT molecular complexity index is 1740. The highest BCUT2D eigenvalue weighted by Gasteiger charge is 2.42. The largest absolute Gasteiger partial charge is 0.477 e. The minimum atomic E-state index is -1.38. The van der Waals surface area contributed by atoms with Crippen LogP contribution in [0.3, 0.4) is 0 Å². The Kier molecular flexibility index (Phi) is 10.7. The smallest absolute Gasteiger partial charge is 0.341 e. The second-order valence-corrected chi connectivity index (χ2v) is 14.3. The molecule has 14 heteroatoms. The molecule has 1 aromatic carbocycles. The number of nitrogens with two attached hydrogens (primary N) is 1. The van der Waals surface area contributed by atoms with Crippen LogP contribution in [0.25, 0.3) is 10.9 Å². The van der Waals surface area contributed by atoms with Crippen LogP contribution in [-0.2, 0) is 14.4 Å². The molecule has 2 aromatic rings. The Labute approximate surface area is 289 Å². The number of carbonyl (C=O) groups is 4. The van der Waals surface area contributed by atoms with Crippen LogP contribution >= 0.6 is 11.6 Å². The predicted molar refractivity (Wildman–Crippen MR) is 185 cm³/mol. The van der Waals surface area contributed by atoms with Gasteiger partial charge in [-0.2, -0.15) is 0 Å². The zero-order valence-corrected chi connectivity index (χ0v) is 27.8. The highest BCUT2D eigenvalue weighted by molar-refractivity contribution is 6.38. The number of allylic oxidation sites excluding steroid dienone is 1. The molecule has 3 fully saturated rings. The van der Waals surface area contributed by atoms with Crippen LogP contribution in [0.5, 0.6) is 0 Å². The van der Waals surface area contributed by atoms with Gasteiger partial charge < -0.3 is 35.8 Å². The third-order valence-electron chi connectivity index (χ3n) is 10.1. The number of rotatable bonds is 10. The lowest BCUT2D eigenvalue weighted by Gasteiger charge is -2.32. The molecule has 0 bridgehead atoms. The number of hydrogen-bond acceptors (Lipinski definition) is 7. The number of anilines is 1. The number of nitrogens with one attached hydrogen (secondary N) is 2. The zero-order chi connectivity index (χ0) is 34.4. The summed E-state index contributed by atoms with van der Waals surface area (Å²) in [4.78, 5) is 67.5. The number of nitrogens with zero attached hydrogens (tertiary/aromatic N) is 3. The van der Waals surface area contributed by atoms with Crippen molar-refractivity contribution in [3.8, 4) is 0 Å². The molecule has 5 N–H and O–H groups in total. The number of carboxylic acids is 1. The van der Waals surface area contributed by atoms with E-state index in [2.05, 4.69) is 10.6 Å². The summed E-state index contributed by atoms with van der Waals surface area (Å²) in [5.41, 5.74) is 4.82. The number of halogens is 2. The lowest BCUT2D eigenvalue weighted by Crippen LogP contribution is -2.56. The minimum Gasteiger partial charge on any atom is -0.477 e. The third-order valence-corrected chi connectivity index (χ3v) is 10.5. The second-order valence-electron chi connectivity index (χ2n) is 13.9. The van der Waals surface area contributed by atoms with Crippen molar-refractivity contribution in [2.24, 2.45) is 23.5 Å². The van der Waals surface area contributed by atoms with Crippen LogP contribution in [0.2, 0.25) is 5.02 Å². The molecule has 2 aliphatic carbocycles. The second kappa shape index (κ2) is 14.5. The summed E-state index contributed by atoms with van der Waals surface area (Å²) in [6.45, 7) is 5.03. The number of aromatic nitrogens is 1. The van der Waals surface area contributed by atoms with Gasteiger partial charge in [-0.25, -0.2) is 9.18 Å². The van der Waals surface area contributed by atoms with E-state index in [-0.39, 0.29) is 77.6 Å². The molecule has 4 aliphatic rings. The average molecular weight is 701 g/mol. The van der Waals surface area contributed by atoms with Gasteiger partial charge in [0.2, 0.25) is 23.2 Å². The van der Waals surface area contributed by atoms with Crippen LogP contribution in [0.1, 0.15) is 76.2 Å². The molecule has 1 saturated carbocycles. The lowest BCUT2D eigenvalue weighted by atomic mass is 9.82. The quantitative estimate of drug-likeness (QED) is 0.274. The highest BCUT2D eigenvalue weighted by atomic mass is 35.5. The molecular weight excluding hydrogens is 655 g/mol. The fourth-order valence-electron chi connectivity index (χ4n) is 7.64. The van der Waals surface area contributed by atoms with E-state index in [1.54, 1.807) is 4.57 Å². The molecule has 0 spiro atoms. The molecule has 1 aromatic heterocycles. The number of benzene rings is 1. The number of hydrogen-bond donors (Lipinski definition) is 4. The number of carbonyl (C=O) groups excluding carboxylic acids is 3. The Hall–Kier alpha value is -3.97. The molecule has 2 aliphatic heterocycles. The van der Waals surface area contributed by atoms with Gasteiger partial charge in [0.15, 0.2) is 0 Å². The zero-order valence-electron chi connectivity index (χ0n) is 27.1. The molecule has 0 radical (unpaired) electrons. The minimum absolute atomic E-state index is 0. The van der Waals surface area contributed by atoms with Crippen LogP contribution in [0.15, 0.2) is 29.2 Å². The first-order valence-electron chi connectivity index (χ1n) is 16.7. The summed E-state index contributed by atoms with van der Waals surface area (Å²) in [6, 6.07) is -0.806. The summed E-state index contributed by atoms with van der Waals surface area (Å²) in [5, 5.41) is 15.6. The van der Waals surface area contributed by atoms with Gasteiger partial charge >= 0.3 is 5.97 Å². The molecule has 49 heavy (non-hydrogen) atoms. The van der Waals surface area contributed by atoms with Gasteiger partial charge in [-0.05, 0) is 56.4 Å². The monoisotopic (exact) mass is 700 g/mol. The van der Waals surface area contributed by atoms with Gasteiger partial charge in [0.25, 0.3) is 0 Å². The molecule has 3 amide bonds. The van der Waals surface area contributed by atoms with Crippen molar-refractivity contribution in [1.29, 1.82) is 0 Å². The van der Waals surface area contributed by atoms with E-state index in [1.807, 2.05) is 30.9 Å². The maximum absolute atomic E-state index is 15.9. The van der Waals surface area contributed by atoms with E-state index in [0.717, 1.165) is 18.9 Å². The number of likely N-dealkylation sites (tertiary alicyclic amines) is 1. The first-order valence-corrected chi connectivity index (χ1v) is 17.1. The van der Waals surface area contributed by atoms with Crippen molar-refractivity contribution < 1.29 is 28.7 Å². The van der Waals surface area contributed by atoms with Crippen LogP contribution < -0.4 is 26.7 Å². The van der Waals surface area contributed by atoms with E-state index >= 15 is 4.39 Å². The van der Waals surface area contributed by atoms with E-state index in [9.17, 15) is 29.1 Å². The number of carboxylic acid groups (broad SMARTS) is 1. The molecule has 3 heterocycles. The number of fused-ring (bicyclic) bond motifs is 2. The highest BCUT2D eigenvalue weighted by Crippen LogP contribution is 2.44. The van der Waals surface area contributed by atoms with E-state index < -0.39 is 34.9 Å². The molecule has 5 atom stereocenters. The fourth-order valence-corrected chi connectivity index (χ4v) is 8.05. The SMILES string of the molecule is C.CC(C)C[C@H](NC(=O)[C@@H]1CCCN1C(=O)CN)C(=O)NC1C=CCC2CN(c3c(F)cc4c(=O)c(C(=O)O)cn(C5CC5)c4c3Cl)CC21. The van der Waals surface area contributed by atoms with Crippen molar-refractivity contribution in [2.75, 3.05) is 31.1 Å². The summed E-state index contributed by atoms with van der Waals surface area (Å²) < 4.78 is 17.6. The first kappa shape index (κ1) is 36.3. The Balaban J connectivity index is 0.00000468. The number of amides is 3. The number of pyridine rings is 1. The van der Waals surface area contributed by atoms with E-state index in [4.69, 9.17) is 17.3 Å². The van der Waals surface area contributed by atoms with Crippen molar-refractivity contribution in [1.82, 2.24) is 20.1 Å². The molecule has 3 unspecified atom stereocenters. The molecule has 12 nitrogen and oxygen atoms in total. The summed E-state index contributed by atoms with van der Waals surface area (Å²) in [5.74, 6) is -3.02. The van der Waals surface area contributed by atoms with Crippen LogP contribution in [-0.4, -0.2) is 82.6 Å². The molecule has 6 rings (SSSR count). The first-order chi connectivity index (χ1) is 22.9. The normalized spacial score (nSPS) is 23.7. The Morgan fingerprint density at radius 1 is 1.16 bits per heavy atom. The average Bonchev–Trinajstić information content (AvgIpc) is 3.59. The van der Waals surface area contributed by atoms with Crippen molar-refractivity contribution in [3.63, 3.8) is 0 Å². The van der Waals surface area contributed by atoms with E-state index in [1.165, 1.54) is 11.1 Å². The molecule has 2 saturated heterocycles. The predicted octanol–water partition coefficient (Wildman–Crippen LogP) is 3.44. The molecular formula is C35H46ClFN6O6. The fraction of sp³-hybridized carbons (Fsp3) is 0.571. The van der Waals surface area contributed by atoms with Gasteiger partial charge in [0, 0.05) is 37.8 Å². The maximum Gasteiger partial charge on any atom is 0.341 e. The third kappa shape index (κ3) is 7.05. The summed E-state index contributed by atoms with van der Waals surface area (Å²) in [7, 11) is 0. The van der Waals surface area contributed by atoms with Crippen LogP contribution in [0, 0.1) is 23.6 Å². The number of aromatic carboxylic acids is 1. The van der Waals surface area contributed by atoms with Gasteiger partial charge in [0.05, 0.1) is 34.2 Å². The van der Waals surface area contributed by atoms with Gasteiger partial charge in [0.1, 0.15) is 23.5 Å².